The minimum absolute atomic E-state index is 0.463. The number of rotatable bonds is 4. The van der Waals surface area contributed by atoms with Crippen LogP contribution in [0.2, 0.25) is 5.15 Å². The van der Waals surface area contributed by atoms with Gasteiger partial charge in [0.05, 0.1) is 0 Å². The molecule has 0 atom stereocenters. The third-order valence-electron chi connectivity index (χ3n) is 2.88. The Kier molecular flexibility index (Phi) is 3.96. The molecule has 0 radical (unpaired) electrons. The fourth-order valence-corrected chi connectivity index (χ4v) is 2.48. The number of para-hydroxylation sites is 1. The molecule has 3 nitrogen and oxygen atoms in total. The maximum Gasteiger partial charge on any atom is 0.328 e. The average Bonchev–Trinajstić information content (AvgIpc) is 2.60. The number of hydrogen-bond donors (Lipinski definition) is 1. The number of aliphatic carboxylic acids is 1. The zero-order chi connectivity index (χ0) is 14.0. The van der Waals surface area contributed by atoms with Crippen LogP contribution in [-0.2, 0) is 11.3 Å². The maximum atomic E-state index is 10.7. The standard InChI is InChI=1S/C15H16ClNO2/c1-10(2)9-17-13-6-4-3-5-11(13)12(15(17)16)7-8-14(18)19/h3-8,10H,9H2,1-2H3,(H,18,19)/b8-7+. The number of carbonyl (C=O) groups is 1. The van der Waals surface area contributed by atoms with Crippen molar-refractivity contribution < 1.29 is 9.90 Å². The predicted molar refractivity (Wildman–Crippen MR) is 78.5 cm³/mol. The Balaban J connectivity index is 2.63. The summed E-state index contributed by atoms with van der Waals surface area (Å²) in [7, 11) is 0. The van der Waals surface area contributed by atoms with Crippen LogP contribution in [0.4, 0.5) is 0 Å². The zero-order valence-electron chi connectivity index (χ0n) is 10.9. The highest BCUT2D eigenvalue weighted by Gasteiger charge is 2.14. The first kappa shape index (κ1) is 13.7. The third kappa shape index (κ3) is 2.82. The van der Waals surface area contributed by atoms with Gasteiger partial charge in [-0.2, -0.15) is 0 Å². The Hall–Kier alpha value is -1.74. The van der Waals surface area contributed by atoms with E-state index in [0.29, 0.717) is 11.1 Å². The van der Waals surface area contributed by atoms with Gasteiger partial charge in [0.25, 0.3) is 0 Å². The van der Waals surface area contributed by atoms with Crippen molar-refractivity contribution in [1.29, 1.82) is 0 Å². The van der Waals surface area contributed by atoms with Crippen molar-refractivity contribution in [1.82, 2.24) is 4.57 Å². The number of aromatic nitrogens is 1. The molecule has 0 saturated carbocycles. The highest BCUT2D eigenvalue weighted by molar-refractivity contribution is 6.33. The van der Waals surface area contributed by atoms with Gasteiger partial charge < -0.3 is 9.67 Å². The van der Waals surface area contributed by atoms with Crippen molar-refractivity contribution in [3.63, 3.8) is 0 Å². The Morgan fingerprint density at radius 1 is 1.42 bits per heavy atom. The van der Waals surface area contributed by atoms with E-state index < -0.39 is 5.97 Å². The highest BCUT2D eigenvalue weighted by atomic mass is 35.5. The first-order valence-corrected chi connectivity index (χ1v) is 6.56. The van der Waals surface area contributed by atoms with Crippen LogP contribution in [-0.4, -0.2) is 15.6 Å². The van der Waals surface area contributed by atoms with Crippen molar-refractivity contribution >= 4 is 34.5 Å². The number of nitrogens with zero attached hydrogens (tertiary/aromatic N) is 1. The summed E-state index contributed by atoms with van der Waals surface area (Å²) in [5, 5.41) is 10.3. The Morgan fingerprint density at radius 2 is 2.11 bits per heavy atom. The molecule has 1 aromatic carbocycles. The van der Waals surface area contributed by atoms with Crippen molar-refractivity contribution in [3.05, 3.63) is 41.1 Å². The molecule has 0 spiro atoms. The smallest absolute Gasteiger partial charge is 0.328 e. The minimum atomic E-state index is -0.975. The molecule has 4 heteroatoms. The summed E-state index contributed by atoms with van der Waals surface area (Å²) in [5.74, 6) is -0.513. The van der Waals surface area contributed by atoms with Crippen LogP contribution in [0.1, 0.15) is 19.4 Å². The quantitative estimate of drug-likeness (QED) is 0.857. The number of carboxylic acid groups (broad SMARTS) is 1. The molecule has 0 aliphatic carbocycles. The van der Waals surface area contributed by atoms with E-state index in [0.717, 1.165) is 29.1 Å². The molecule has 0 aliphatic rings. The molecule has 0 fully saturated rings. The lowest BCUT2D eigenvalue weighted by Crippen LogP contribution is -2.04. The second-order valence-electron chi connectivity index (χ2n) is 4.90. The summed E-state index contributed by atoms with van der Waals surface area (Å²) in [6.45, 7) is 5.05. The lowest BCUT2D eigenvalue weighted by Gasteiger charge is -2.09. The molecule has 0 bridgehead atoms. The molecule has 0 amide bonds. The van der Waals surface area contributed by atoms with Gasteiger partial charge in [-0.1, -0.05) is 43.6 Å². The van der Waals surface area contributed by atoms with Crippen LogP contribution in [0.15, 0.2) is 30.3 Å². The largest absolute Gasteiger partial charge is 0.478 e. The van der Waals surface area contributed by atoms with Gasteiger partial charge in [-0.3, -0.25) is 0 Å². The fraction of sp³-hybridized carbons (Fsp3) is 0.267. The van der Waals surface area contributed by atoms with E-state index in [1.54, 1.807) is 6.08 Å². The Labute approximate surface area is 117 Å². The van der Waals surface area contributed by atoms with Gasteiger partial charge >= 0.3 is 5.97 Å². The number of fused-ring (bicyclic) bond motifs is 1. The number of benzene rings is 1. The molecule has 0 unspecified atom stereocenters. The van der Waals surface area contributed by atoms with Crippen molar-refractivity contribution in [2.24, 2.45) is 5.92 Å². The summed E-state index contributed by atoms with van der Waals surface area (Å²) >= 11 is 6.40. The Morgan fingerprint density at radius 3 is 2.74 bits per heavy atom. The zero-order valence-corrected chi connectivity index (χ0v) is 11.7. The summed E-state index contributed by atoms with van der Waals surface area (Å²) in [5.41, 5.74) is 1.80. The second kappa shape index (κ2) is 5.49. The minimum Gasteiger partial charge on any atom is -0.478 e. The van der Waals surface area contributed by atoms with E-state index in [1.165, 1.54) is 0 Å². The first-order chi connectivity index (χ1) is 9.00. The van der Waals surface area contributed by atoms with Crippen LogP contribution < -0.4 is 0 Å². The normalized spacial score (nSPS) is 11.8. The molecule has 100 valence electrons. The van der Waals surface area contributed by atoms with E-state index in [2.05, 4.69) is 13.8 Å². The lowest BCUT2D eigenvalue weighted by atomic mass is 10.1. The summed E-state index contributed by atoms with van der Waals surface area (Å²) in [4.78, 5) is 10.7. The third-order valence-corrected chi connectivity index (χ3v) is 3.29. The van der Waals surface area contributed by atoms with Crippen LogP contribution >= 0.6 is 11.6 Å². The molecular formula is C15H16ClNO2. The second-order valence-corrected chi connectivity index (χ2v) is 5.26. The fourth-order valence-electron chi connectivity index (χ4n) is 2.16. The van der Waals surface area contributed by atoms with Gasteiger partial charge in [-0.05, 0) is 18.1 Å². The van der Waals surface area contributed by atoms with Gasteiger partial charge in [0, 0.05) is 29.1 Å². The van der Waals surface area contributed by atoms with Gasteiger partial charge in [-0.15, -0.1) is 0 Å². The number of carboxylic acids is 1. The molecule has 19 heavy (non-hydrogen) atoms. The van der Waals surface area contributed by atoms with Crippen LogP contribution in [0.5, 0.6) is 0 Å². The maximum absolute atomic E-state index is 10.7. The summed E-state index contributed by atoms with van der Waals surface area (Å²) < 4.78 is 2.03. The van der Waals surface area contributed by atoms with Gasteiger partial charge in [0.1, 0.15) is 5.15 Å². The summed E-state index contributed by atoms with van der Waals surface area (Å²) in [6.07, 6.45) is 2.68. The van der Waals surface area contributed by atoms with Crippen LogP contribution in [0.3, 0.4) is 0 Å². The average molecular weight is 278 g/mol. The predicted octanol–water partition coefficient (Wildman–Crippen LogP) is 4.05. The number of halogens is 1. The molecule has 2 rings (SSSR count). The molecule has 1 heterocycles. The lowest BCUT2D eigenvalue weighted by molar-refractivity contribution is -0.131. The van der Waals surface area contributed by atoms with Gasteiger partial charge in [0.2, 0.25) is 0 Å². The van der Waals surface area contributed by atoms with E-state index >= 15 is 0 Å². The molecule has 1 aromatic heterocycles. The van der Waals surface area contributed by atoms with Crippen molar-refractivity contribution in [2.45, 2.75) is 20.4 Å². The molecular weight excluding hydrogens is 262 g/mol. The van der Waals surface area contributed by atoms with E-state index in [4.69, 9.17) is 16.7 Å². The SMILES string of the molecule is CC(C)Cn1c(Cl)c(/C=C/C(=O)O)c2ccccc21. The Bertz CT molecular complexity index is 641. The molecule has 0 saturated heterocycles. The summed E-state index contributed by atoms with van der Waals surface area (Å²) in [6, 6.07) is 7.85. The topological polar surface area (TPSA) is 42.2 Å². The van der Waals surface area contributed by atoms with Crippen LogP contribution in [0, 0.1) is 5.92 Å². The van der Waals surface area contributed by atoms with Crippen molar-refractivity contribution in [2.75, 3.05) is 0 Å². The van der Waals surface area contributed by atoms with Gasteiger partial charge in [-0.25, -0.2) is 4.79 Å². The highest BCUT2D eigenvalue weighted by Crippen LogP contribution is 2.31. The molecule has 2 aromatic rings. The number of hydrogen-bond acceptors (Lipinski definition) is 1. The van der Waals surface area contributed by atoms with E-state index in [1.807, 2.05) is 28.8 Å². The monoisotopic (exact) mass is 277 g/mol. The van der Waals surface area contributed by atoms with Crippen molar-refractivity contribution in [3.8, 4) is 0 Å². The van der Waals surface area contributed by atoms with Gasteiger partial charge in [0.15, 0.2) is 0 Å². The van der Waals surface area contributed by atoms with E-state index in [-0.39, 0.29) is 0 Å². The first-order valence-electron chi connectivity index (χ1n) is 6.18. The van der Waals surface area contributed by atoms with E-state index in [9.17, 15) is 4.79 Å². The molecule has 1 N–H and O–H groups in total. The van der Waals surface area contributed by atoms with Crippen LogP contribution in [0.25, 0.3) is 17.0 Å². The molecule has 0 aliphatic heterocycles.